The number of carbonyl (C=O) groups excluding carboxylic acids is 1. The van der Waals surface area contributed by atoms with Gasteiger partial charge in [0.15, 0.2) is 0 Å². The lowest BCUT2D eigenvalue weighted by Crippen LogP contribution is -2.55. The summed E-state index contributed by atoms with van der Waals surface area (Å²) in [7, 11) is 0. The van der Waals surface area contributed by atoms with Crippen molar-refractivity contribution < 1.29 is 19.0 Å². The van der Waals surface area contributed by atoms with E-state index < -0.39 is 11.6 Å². The number of aliphatic hydroxyl groups is 1. The highest BCUT2D eigenvalue weighted by atomic mass is 19.1. The molecular formula is C19H31FO3. The molecule has 132 valence electrons. The Kier molecular flexibility index (Phi) is 4.50. The third-order valence-electron chi connectivity index (χ3n) is 6.57. The molecule has 4 aliphatic carbocycles. The number of unbranched alkanes of at least 4 members (excludes halogenated alkanes) is 1. The minimum atomic E-state index is -1.87. The summed E-state index contributed by atoms with van der Waals surface area (Å²) >= 11 is 0. The fourth-order valence-electron chi connectivity index (χ4n) is 5.98. The summed E-state index contributed by atoms with van der Waals surface area (Å²) in [5, 5.41) is 9.88. The number of rotatable bonds is 7. The van der Waals surface area contributed by atoms with Gasteiger partial charge in [-0.25, -0.2) is 9.18 Å². The van der Waals surface area contributed by atoms with Gasteiger partial charge < -0.3 is 9.84 Å². The van der Waals surface area contributed by atoms with Gasteiger partial charge in [-0.05, 0) is 75.5 Å². The van der Waals surface area contributed by atoms with Crippen molar-refractivity contribution in [2.24, 2.45) is 22.7 Å². The molecule has 4 heteroatoms. The van der Waals surface area contributed by atoms with Crippen molar-refractivity contribution in [1.29, 1.82) is 0 Å². The molecule has 4 saturated carbocycles. The van der Waals surface area contributed by atoms with Crippen molar-refractivity contribution >= 4 is 5.97 Å². The average molecular weight is 326 g/mol. The number of aliphatic hydroxyl groups excluding tert-OH is 1. The monoisotopic (exact) mass is 326 g/mol. The minimum absolute atomic E-state index is 0.0106. The number of carbonyl (C=O) groups is 1. The summed E-state index contributed by atoms with van der Waals surface area (Å²) in [4.78, 5) is 12.2. The van der Waals surface area contributed by atoms with Crippen LogP contribution in [0.15, 0.2) is 0 Å². The number of esters is 1. The Hall–Kier alpha value is -0.640. The van der Waals surface area contributed by atoms with Crippen LogP contribution in [-0.2, 0) is 9.53 Å². The van der Waals surface area contributed by atoms with E-state index in [0.29, 0.717) is 24.9 Å². The van der Waals surface area contributed by atoms with Gasteiger partial charge in [0.2, 0.25) is 5.67 Å². The molecule has 4 bridgehead atoms. The van der Waals surface area contributed by atoms with Crippen LogP contribution in [0.2, 0.25) is 0 Å². The van der Waals surface area contributed by atoms with E-state index in [1.54, 1.807) is 0 Å². The van der Waals surface area contributed by atoms with E-state index in [1.165, 1.54) is 13.3 Å². The molecular weight excluding hydrogens is 295 g/mol. The van der Waals surface area contributed by atoms with E-state index in [1.807, 2.05) is 6.92 Å². The Bertz CT molecular complexity index is 446. The van der Waals surface area contributed by atoms with E-state index in [2.05, 4.69) is 0 Å². The van der Waals surface area contributed by atoms with E-state index in [9.17, 15) is 14.3 Å². The Labute approximate surface area is 139 Å². The van der Waals surface area contributed by atoms with E-state index in [4.69, 9.17) is 4.74 Å². The van der Waals surface area contributed by atoms with Crippen molar-refractivity contribution in [1.82, 2.24) is 0 Å². The Morgan fingerprint density at radius 1 is 1.26 bits per heavy atom. The van der Waals surface area contributed by atoms with Crippen LogP contribution < -0.4 is 0 Å². The zero-order chi connectivity index (χ0) is 16.7. The normalized spacial score (nSPS) is 40.9. The zero-order valence-corrected chi connectivity index (χ0v) is 14.6. The van der Waals surface area contributed by atoms with Crippen molar-refractivity contribution in [3.8, 4) is 0 Å². The topological polar surface area (TPSA) is 46.5 Å². The van der Waals surface area contributed by atoms with Gasteiger partial charge in [0, 0.05) is 12.0 Å². The molecule has 3 unspecified atom stereocenters. The third-order valence-corrected chi connectivity index (χ3v) is 6.57. The summed E-state index contributed by atoms with van der Waals surface area (Å²) in [6.45, 7) is 3.92. The molecule has 3 atom stereocenters. The standard InChI is InChI=1S/C19H31FO3/c1-3-4-5-17(2,20)16(22)23-13-19-9-14-6-15(10-19)8-18(7-14,11-19)12-21/h14-15,21H,3-13H2,1-2H3. The van der Waals surface area contributed by atoms with E-state index in [0.717, 1.165) is 38.5 Å². The highest BCUT2D eigenvalue weighted by Gasteiger charge is 2.58. The van der Waals surface area contributed by atoms with Gasteiger partial charge in [-0.15, -0.1) is 0 Å². The minimum Gasteiger partial charge on any atom is -0.463 e. The molecule has 3 nitrogen and oxygen atoms in total. The summed E-state index contributed by atoms with van der Waals surface area (Å²) in [6, 6.07) is 0. The molecule has 1 N–H and O–H groups in total. The molecule has 0 aromatic carbocycles. The van der Waals surface area contributed by atoms with Gasteiger partial charge in [-0.2, -0.15) is 0 Å². The number of hydrogen-bond acceptors (Lipinski definition) is 3. The van der Waals surface area contributed by atoms with Gasteiger partial charge in [0.25, 0.3) is 0 Å². The molecule has 0 saturated heterocycles. The number of halogens is 1. The van der Waals surface area contributed by atoms with Crippen molar-refractivity contribution in [3.05, 3.63) is 0 Å². The third kappa shape index (κ3) is 3.29. The van der Waals surface area contributed by atoms with Crippen LogP contribution in [0.5, 0.6) is 0 Å². The lowest BCUT2D eigenvalue weighted by atomic mass is 9.44. The quantitative estimate of drug-likeness (QED) is 0.719. The summed E-state index contributed by atoms with van der Waals surface area (Å²) in [6.07, 6.45) is 8.40. The number of hydrogen-bond donors (Lipinski definition) is 1. The van der Waals surface area contributed by atoms with Gasteiger partial charge in [-0.1, -0.05) is 13.3 Å². The molecule has 4 rings (SSSR count). The van der Waals surface area contributed by atoms with Crippen LogP contribution in [0.1, 0.15) is 71.6 Å². The van der Waals surface area contributed by atoms with Crippen LogP contribution in [0.4, 0.5) is 4.39 Å². The highest BCUT2D eigenvalue weighted by Crippen LogP contribution is 2.65. The van der Waals surface area contributed by atoms with Crippen molar-refractivity contribution in [2.75, 3.05) is 13.2 Å². The Morgan fingerprint density at radius 3 is 2.43 bits per heavy atom. The molecule has 4 fully saturated rings. The molecule has 0 aliphatic heterocycles. The fraction of sp³-hybridized carbons (Fsp3) is 0.947. The van der Waals surface area contributed by atoms with Crippen LogP contribution >= 0.6 is 0 Å². The summed E-state index contributed by atoms with van der Waals surface area (Å²) in [5.41, 5.74) is -1.84. The van der Waals surface area contributed by atoms with Crippen molar-refractivity contribution in [2.45, 2.75) is 77.3 Å². The maximum Gasteiger partial charge on any atom is 0.343 e. The smallest absolute Gasteiger partial charge is 0.343 e. The first-order valence-corrected chi connectivity index (χ1v) is 9.29. The number of alkyl halides is 1. The Morgan fingerprint density at radius 2 is 1.87 bits per heavy atom. The van der Waals surface area contributed by atoms with Crippen LogP contribution in [-0.4, -0.2) is 30.0 Å². The Balaban J connectivity index is 1.63. The first-order valence-electron chi connectivity index (χ1n) is 9.29. The average Bonchev–Trinajstić information content (AvgIpc) is 2.49. The molecule has 0 radical (unpaired) electrons. The largest absolute Gasteiger partial charge is 0.463 e. The second-order valence-corrected chi connectivity index (χ2v) is 9.00. The molecule has 0 aromatic heterocycles. The zero-order valence-electron chi connectivity index (χ0n) is 14.6. The highest BCUT2D eigenvalue weighted by molar-refractivity contribution is 5.78. The molecule has 4 aliphatic rings. The lowest BCUT2D eigenvalue weighted by Gasteiger charge is -2.61. The second kappa shape index (κ2) is 6.02. The second-order valence-electron chi connectivity index (χ2n) is 9.00. The van der Waals surface area contributed by atoms with E-state index in [-0.39, 0.29) is 23.9 Å². The van der Waals surface area contributed by atoms with Crippen LogP contribution in [0.3, 0.4) is 0 Å². The van der Waals surface area contributed by atoms with Gasteiger partial charge in [0.1, 0.15) is 0 Å². The first kappa shape index (κ1) is 17.2. The predicted molar refractivity (Wildman–Crippen MR) is 86.6 cm³/mol. The van der Waals surface area contributed by atoms with Crippen LogP contribution in [0, 0.1) is 22.7 Å². The van der Waals surface area contributed by atoms with Gasteiger partial charge in [-0.3, -0.25) is 0 Å². The van der Waals surface area contributed by atoms with Crippen LogP contribution in [0.25, 0.3) is 0 Å². The molecule has 0 aromatic rings. The first-order chi connectivity index (χ1) is 10.8. The van der Waals surface area contributed by atoms with Gasteiger partial charge in [0.05, 0.1) is 6.61 Å². The SMILES string of the molecule is CCCCC(C)(F)C(=O)OCC12CC3CC(CC(CO)(C3)C1)C2. The molecule has 0 heterocycles. The van der Waals surface area contributed by atoms with Gasteiger partial charge >= 0.3 is 5.97 Å². The molecule has 0 amide bonds. The predicted octanol–water partition coefficient (Wildman–Crippen LogP) is 4.03. The molecule has 23 heavy (non-hydrogen) atoms. The lowest BCUT2D eigenvalue weighted by molar-refractivity contribution is -0.178. The maximum absolute atomic E-state index is 14.5. The maximum atomic E-state index is 14.5. The number of ether oxygens (including phenoxy) is 1. The summed E-state index contributed by atoms with van der Waals surface area (Å²) < 4.78 is 19.9. The van der Waals surface area contributed by atoms with Crippen molar-refractivity contribution in [3.63, 3.8) is 0 Å². The van der Waals surface area contributed by atoms with E-state index >= 15 is 0 Å². The fourth-order valence-corrected chi connectivity index (χ4v) is 5.98. The summed E-state index contributed by atoms with van der Waals surface area (Å²) in [5.74, 6) is 0.609. The molecule has 0 spiro atoms.